The summed E-state index contributed by atoms with van der Waals surface area (Å²) in [5.41, 5.74) is 4.24. The molecule has 18 heavy (non-hydrogen) atoms. The first-order valence-corrected chi connectivity index (χ1v) is 7.10. The van der Waals surface area contributed by atoms with Crippen LogP contribution in [0.2, 0.25) is 0 Å². The molecule has 1 aromatic rings. The minimum Gasteiger partial charge on any atom is -0.316 e. The maximum Gasteiger partial charge on any atom is 0.0233 e. The SMILES string of the molecule is Cc1ccc(CN(C)CC2CCCNC2)c(C)c1. The van der Waals surface area contributed by atoms with Crippen LogP contribution in [0.4, 0.5) is 0 Å². The van der Waals surface area contributed by atoms with Crippen molar-refractivity contribution >= 4 is 0 Å². The molecule has 0 aliphatic carbocycles. The fraction of sp³-hybridized carbons (Fsp3) is 0.625. The Morgan fingerprint density at radius 2 is 2.17 bits per heavy atom. The van der Waals surface area contributed by atoms with E-state index >= 15 is 0 Å². The van der Waals surface area contributed by atoms with Crippen molar-refractivity contribution in [3.8, 4) is 0 Å². The van der Waals surface area contributed by atoms with Gasteiger partial charge in [-0.3, -0.25) is 0 Å². The number of nitrogens with one attached hydrogen (secondary N) is 1. The van der Waals surface area contributed by atoms with E-state index < -0.39 is 0 Å². The smallest absolute Gasteiger partial charge is 0.0233 e. The number of rotatable bonds is 4. The molecule has 1 aromatic carbocycles. The first-order valence-electron chi connectivity index (χ1n) is 7.10. The number of nitrogens with zero attached hydrogens (tertiary/aromatic N) is 1. The van der Waals surface area contributed by atoms with Crippen LogP contribution < -0.4 is 5.32 Å². The van der Waals surface area contributed by atoms with E-state index in [0.717, 1.165) is 12.5 Å². The van der Waals surface area contributed by atoms with Gasteiger partial charge >= 0.3 is 0 Å². The molecule has 1 aliphatic rings. The topological polar surface area (TPSA) is 15.3 Å². The van der Waals surface area contributed by atoms with E-state index in [2.05, 4.69) is 49.3 Å². The van der Waals surface area contributed by atoms with Crippen LogP contribution in [0.1, 0.15) is 29.5 Å². The van der Waals surface area contributed by atoms with Crippen LogP contribution in [0.25, 0.3) is 0 Å². The fourth-order valence-electron chi connectivity index (χ4n) is 2.90. The predicted molar refractivity (Wildman–Crippen MR) is 77.8 cm³/mol. The highest BCUT2D eigenvalue weighted by molar-refractivity contribution is 5.30. The van der Waals surface area contributed by atoms with Crippen molar-refractivity contribution in [2.75, 3.05) is 26.7 Å². The molecule has 1 aliphatic heterocycles. The Morgan fingerprint density at radius 3 is 2.83 bits per heavy atom. The Balaban J connectivity index is 1.87. The van der Waals surface area contributed by atoms with Crippen LogP contribution in [0.3, 0.4) is 0 Å². The molecule has 100 valence electrons. The van der Waals surface area contributed by atoms with Gasteiger partial charge in [0.15, 0.2) is 0 Å². The minimum absolute atomic E-state index is 0.828. The number of hydrogen-bond donors (Lipinski definition) is 1. The number of aryl methyl sites for hydroxylation is 2. The Kier molecular flexibility index (Phi) is 4.79. The third-order valence-corrected chi connectivity index (χ3v) is 3.91. The average Bonchev–Trinajstić information content (AvgIpc) is 2.34. The molecule has 1 heterocycles. The predicted octanol–water partition coefficient (Wildman–Crippen LogP) is 2.73. The van der Waals surface area contributed by atoms with Crippen molar-refractivity contribution in [1.82, 2.24) is 10.2 Å². The van der Waals surface area contributed by atoms with Gasteiger partial charge in [0, 0.05) is 13.1 Å². The lowest BCUT2D eigenvalue weighted by atomic mass is 9.98. The number of hydrogen-bond acceptors (Lipinski definition) is 2. The van der Waals surface area contributed by atoms with Gasteiger partial charge in [-0.15, -0.1) is 0 Å². The van der Waals surface area contributed by atoms with E-state index in [0.29, 0.717) is 0 Å². The molecular formula is C16H26N2. The number of piperidine rings is 1. The van der Waals surface area contributed by atoms with E-state index in [-0.39, 0.29) is 0 Å². The van der Waals surface area contributed by atoms with Crippen molar-refractivity contribution < 1.29 is 0 Å². The molecule has 2 nitrogen and oxygen atoms in total. The quantitative estimate of drug-likeness (QED) is 0.879. The van der Waals surface area contributed by atoms with Gasteiger partial charge < -0.3 is 10.2 Å². The van der Waals surface area contributed by atoms with Crippen molar-refractivity contribution in [2.45, 2.75) is 33.2 Å². The van der Waals surface area contributed by atoms with Crippen LogP contribution in [-0.4, -0.2) is 31.6 Å². The molecular weight excluding hydrogens is 220 g/mol. The maximum atomic E-state index is 3.50. The third-order valence-electron chi connectivity index (χ3n) is 3.91. The van der Waals surface area contributed by atoms with Gasteiger partial charge in [-0.2, -0.15) is 0 Å². The molecule has 1 atom stereocenters. The Hall–Kier alpha value is -0.860. The molecule has 1 saturated heterocycles. The first-order chi connectivity index (χ1) is 8.65. The van der Waals surface area contributed by atoms with E-state index in [9.17, 15) is 0 Å². The zero-order valence-electron chi connectivity index (χ0n) is 12.0. The van der Waals surface area contributed by atoms with Gasteiger partial charge in [0.2, 0.25) is 0 Å². The van der Waals surface area contributed by atoms with E-state index in [4.69, 9.17) is 0 Å². The molecule has 2 rings (SSSR count). The van der Waals surface area contributed by atoms with Crippen LogP contribution >= 0.6 is 0 Å². The normalized spacial score (nSPS) is 20.3. The highest BCUT2D eigenvalue weighted by Gasteiger charge is 2.15. The molecule has 0 radical (unpaired) electrons. The van der Waals surface area contributed by atoms with Gasteiger partial charge in [0.25, 0.3) is 0 Å². The van der Waals surface area contributed by atoms with Crippen molar-refractivity contribution in [1.29, 1.82) is 0 Å². The van der Waals surface area contributed by atoms with Crippen molar-refractivity contribution in [3.05, 3.63) is 34.9 Å². The monoisotopic (exact) mass is 246 g/mol. The highest BCUT2D eigenvalue weighted by Crippen LogP contribution is 2.15. The van der Waals surface area contributed by atoms with Gasteiger partial charge in [-0.25, -0.2) is 0 Å². The van der Waals surface area contributed by atoms with Crippen molar-refractivity contribution in [3.63, 3.8) is 0 Å². The molecule has 0 bridgehead atoms. The molecule has 0 amide bonds. The van der Waals surface area contributed by atoms with Crippen LogP contribution in [0, 0.1) is 19.8 Å². The molecule has 0 spiro atoms. The van der Waals surface area contributed by atoms with Crippen LogP contribution in [0.15, 0.2) is 18.2 Å². The summed E-state index contributed by atoms with van der Waals surface area (Å²) in [7, 11) is 2.24. The average molecular weight is 246 g/mol. The van der Waals surface area contributed by atoms with Crippen molar-refractivity contribution in [2.24, 2.45) is 5.92 Å². The van der Waals surface area contributed by atoms with E-state index in [1.54, 1.807) is 0 Å². The van der Waals surface area contributed by atoms with E-state index in [1.807, 2.05) is 0 Å². The lowest BCUT2D eigenvalue weighted by Crippen LogP contribution is -2.36. The van der Waals surface area contributed by atoms with Crippen LogP contribution in [0.5, 0.6) is 0 Å². The lowest BCUT2D eigenvalue weighted by molar-refractivity contribution is 0.237. The zero-order valence-corrected chi connectivity index (χ0v) is 12.0. The Bertz CT molecular complexity index is 381. The fourth-order valence-corrected chi connectivity index (χ4v) is 2.90. The summed E-state index contributed by atoms with van der Waals surface area (Å²) < 4.78 is 0. The Morgan fingerprint density at radius 1 is 1.33 bits per heavy atom. The molecule has 2 heteroatoms. The van der Waals surface area contributed by atoms with Gasteiger partial charge in [-0.1, -0.05) is 23.8 Å². The van der Waals surface area contributed by atoms with E-state index in [1.165, 1.54) is 49.2 Å². The minimum atomic E-state index is 0.828. The molecule has 1 N–H and O–H groups in total. The maximum absolute atomic E-state index is 3.50. The second-order valence-electron chi connectivity index (χ2n) is 5.84. The van der Waals surface area contributed by atoms with Gasteiger partial charge in [0.05, 0.1) is 0 Å². The summed E-state index contributed by atoms with van der Waals surface area (Å²) in [6.07, 6.45) is 2.71. The summed E-state index contributed by atoms with van der Waals surface area (Å²) >= 11 is 0. The largest absolute Gasteiger partial charge is 0.316 e. The summed E-state index contributed by atoms with van der Waals surface area (Å²) in [4.78, 5) is 2.47. The highest BCUT2D eigenvalue weighted by atomic mass is 15.1. The molecule has 1 unspecified atom stereocenters. The first kappa shape index (κ1) is 13.6. The zero-order chi connectivity index (χ0) is 13.0. The molecule has 0 aromatic heterocycles. The lowest BCUT2D eigenvalue weighted by Gasteiger charge is -2.28. The summed E-state index contributed by atoms with van der Waals surface area (Å²) in [5, 5.41) is 3.50. The van der Waals surface area contributed by atoms with Crippen LogP contribution in [-0.2, 0) is 6.54 Å². The summed E-state index contributed by atoms with van der Waals surface area (Å²) in [5.74, 6) is 0.828. The second kappa shape index (κ2) is 6.35. The third kappa shape index (κ3) is 3.82. The van der Waals surface area contributed by atoms with Gasteiger partial charge in [0.1, 0.15) is 0 Å². The summed E-state index contributed by atoms with van der Waals surface area (Å²) in [6, 6.07) is 6.78. The molecule has 0 saturated carbocycles. The number of benzene rings is 1. The van der Waals surface area contributed by atoms with Gasteiger partial charge in [-0.05, 0) is 63.9 Å². The summed E-state index contributed by atoms with van der Waals surface area (Å²) in [6.45, 7) is 9.06. The standard InChI is InChI=1S/C16H26N2/c1-13-6-7-16(14(2)9-13)12-18(3)11-15-5-4-8-17-10-15/h6-7,9,15,17H,4-5,8,10-12H2,1-3H3. The Labute approximate surface area is 111 Å². The molecule has 1 fully saturated rings. The second-order valence-corrected chi connectivity index (χ2v) is 5.84.